The van der Waals surface area contributed by atoms with E-state index in [9.17, 15) is 5.11 Å². The molecule has 1 heterocycles. The van der Waals surface area contributed by atoms with Crippen molar-refractivity contribution in [2.24, 2.45) is 0 Å². The number of benzene rings is 1. The minimum atomic E-state index is -0.0574. The third-order valence-corrected chi connectivity index (χ3v) is 2.48. The van der Waals surface area contributed by atoms with Gasteiger partial charge in [-0.1, -0.05) is 13.3 Å². The first-order chi connectivity index (χ1) is 7.85. The molecule has 4 heteroatoms. The van der Waals surface area contributed by atoms with E-state index in [0.29, 0.717) is 23.9 Å². The van der Waals surface area contributed by atoms with Gasteiger partial charge in [0, 0.05) is 11.6 Å². The molecule has 88 valence electrons. The summed E-state index contributed by atoms with van der Waals surface area (Å²) in [5.74, 6) is 2.04. The van der Waals surface area contributed by atoms with Crippen LogP contribution >= 0.6 is 0 Å². The summed E-state index contributed by atoms with van der Waals surface area (Å²) in [7, 11) is 0. The molecule has 16 heavy (non-hydrogen) atoms. The number of unbranched alkanes of at least 4 members (excludes halogenated alkanes) is 1. The monoisotopic (exact) mass is 224 g/mol. The maximum absolute atomic E-state index is 9.23. The van der Waals surface area contributed by atoms with Crippen molar-refractivity contribution in [3.05, 3.63) is 17.7 Å². The molecular formula is C12H16O4. The molecule has 0 spiro atoms. The molecule has 0 saturated heterocycles. The molecule has 0 aliphatic carbocycles. The topological polar surface area (TPSA) is 47.9 Å². The Labute approximate surface area is 94.8 Å². The van der Waals surface area contributed by atoms with Gasteiger partial charge in [-0.15, -0.1) is 0 Å². The van der Waals surface area contributed by atoms with Crippen LogP contribution in [0.2, 0.25) is 0 Å². The molecule has 0 aromatic heterocycles. The minimum Gasteiger partial charge on any atom is -0.493 e. The Bertz CT molecular complexity index is 362. The molecule has 1 N–H and O–H groups in total. The van der Waals surface area contributed by atoms with Gasteiger partial charge in [-0.25, -0.2) is 0 Å². The molecular weight excluding hydrogens is 208 g/mol. The molecule has 0 atom stereocenters. The van der Waals surface area contributed by atoms with Crippen LogP contribution in [-0.4, -0.2) is 18.5 Å². The first-order valence-electron chi connectivity index (χ1n) is 5.51. The molecule has 0 bridgehead atoms. The van der Waals surface area contributed by atoms with Crippen molar-refractivity contribution in [1.82, 2.24) is 0 Å². The second-order valence-corrected chi connectivity index (χ2v) is 3.67. The summed E-state index contributed by atoms with van der Waals surface area (Å²) in [6, 6.07) is 3.55. The van der Waals surface area contributed by atoms with Gasteiger partial charge >= 0.3 is 0 Å². The van der Waals surface area contributed by atoms with Crippen molar-refractivity contribution in [2.45, 2.75) is 26.4 Å². The van der Waals surface area contributed by atoms with Crippen molar-refractivity contribution in [1.29, 1.82) is 0 Å². The molecule has 1 aromatic carbocycles. The average Bonchev–Trinajstić information content (AvgIpc) is 2.75. The second kappa shape index (κ2) is 5.07. The summed E-state index contributed by atoms with van der Waals surface area (Å²) in [6.45, 7) is 2.94. The van der Waals surface area contributed by atoms with Gasteiger partial charge in [-0.3, -0.25) is 0 Å². The molecule has 0 amide bonds. The summed E-state index contributed by atoms with van der Waals surface area (Å²) >= 11 is 0. The lowest BCUT2D eigenvalue weighted by atomic mass is 10.2. The van der Waals surface area contributed by atoms with Crippen LogP contribution < -0.4 is 14.2 Å². The van der Waals surface area contributed by atoms with Crippen molar-refractivity contribution >= 4 is 0 Å². The van der Waals surface area contributed by atoms with E-state index in [1.807, 2.05) is 0 Å². The van der Waals surface area contributed by atoms with Gasteiger partial charge < -0.3 is 19.3 Å². The number of ether oxygens (including phenoxy) is 3. The van der Waals surface area contributed by atoms with E-state index in [2.05, 4.69) is 6.92 Å². The van der Waals surface area contributed by atoms with Crippen LogP contribution in [0.3, 0.4) is 0 Å². The van der Waals surface area contributed by atoms with Crippen molar-refractivity contribution in [3.63, 3.8) is 0 Å². The Morgan fingerprint density at radius 1 is 1.31 bits per heavy atom. The van der Waals surface area contributed by atoms with Crippen molar-refractivity contribution in [2.75, 3.05) is 13.4 Å². The zero-order valence-electron chi connectivity index (χ0n) is 9.36. The quantitative estimate of drug-likeness (QED) is 0.778. The molecule has 1 aliphatic heterocycles. The molecule has 0 saturated carbocycles. The minimum absolute atomic E-state index is 0.0574. The highest BCUT2D eigenvalue weighted by Gasteiger charge is 2.17. The van der Waals surface area contributed by atoms with Crippen molar-refractivity contribution < 1.29 is 19.3 Å². The molecule has 0 fully saturated rings. The van der Waals surface area contributed by atoms with Gasteiger partial charge in [0.1, 0.15) is 5.75 Å². The summed E-state index contributed by atoms with van der Waals surface area (Å²) in [4.78, 5) is 0. The fourth-order valence-corrected chi connectivity index (χ4v) is 1.55. The van der Waals surface area contributed by atoms with Crippen LogP contribution in [0.5, 0.6) is 17.2 Å². The molecule has 1 aliphatic rings. The highest BCUT2D eigenvalue weighted by molar-refractivity contribution is 5.51. The third kappa shape index (κ3) is 2.22. The predicted molar refractivity (Wildman–Crippen MR) is 58.9 cm³/mol. The highest BCUT2D eigenvalue weighted by Crippen LogP contribution is 2.38. The summed E-state index contributed by atoms with van der Waals surface area (Å²) < 4.78 is 16.1. The maximum Gasteiger partial charge on any atom is 0.231 e. The standard InChI is InChI=1S/C12H16O4/c1-2-3-4-14-10-6-12-11(15-8-16-12)5-9(10)7-13/h5-6,13H,2-4,7-8H2,1H3. The molecule has 0 unspecified atom stereocenters. The zero-order valence-corrected chi connectivity index (χ0v) is 9.36. The molecule has 2 rings (SSSR count). The number of aliphatic hydroxyl groups is 1. The molecule has 4 nitrogen and oxygen atoms in total. The number of hydrogen-bond donors (Lipinski definition) is 1. The van der Waals surface area contributed by atoms with Gasteiger partial charge in [-0.05, 0) is 12.5 Å². The van der Waals surface area contributed by atoms with E-state index in [0.717, 1.165) is 18.4 Å². The van der Waals surface area contributed by atoms with E-state index >= 15 is 0 Å². The summed E-state index contributed by atoms with van der Waals surface area (Å²) in [6.07, 6.45) is 2.08. The van der Waals surface area contributed by atoms with Gasteiger partial charge in [-0.2, -0.15) is 0 Å². The van der Waals surface area contributed by atoms with E-state index in [-0.39, 0.29) is 13.4 Å². The van der Waals surface area contributed by atoms with Crippen LogP contribution in [-0.2, 0) is 6.61 Å². The van der Waals surface area contributed by atoms with Gasteiger partial charge in [0.2, 0.25) is 6.79 Å². The maximum atomic E-state index is 9.23. The fraction of sp³-hybridized carbons (Fsp3) is 0.500. The fourth-order valence-electron chi connectivity index (χ4n) is 1.55. The summed E-state index contributed by atoms with van der Waals surface area (Å²) in [5, 5.41) is 9.23. The van der Waals surface area contributed by atoms with E-state index < -0.39 is 0 Å². The Morgan fingerprint density at radius 3 is 2.75 bits per heavy atom. The van der Waals surface area contributed by atoms with Gasteiger partial charge in [0.25, 0.3) is 0 Å². The zero-order chi connectivity index (χ0) is 11.4. The predicted octanol–water partition coefficient (Wildman–Crippen LogP) is 2.09. The van der Waals surface area contributed by atoms with E-state index in [4.69, 9.17) is 14.2 Å². The largest absolute Gasteiger partial charge is 0.493 e. The van der Waals surface area contributed by atoms with Crippen LogP contribution in [0.25, 0.3) is 0 Å². The first kappa shape index (κ1) is 11.1. The van der Waals surface area contributed by atoms with E-state index in [1.54, 1.807) is 12.1 Å². The summed E-state index contributed by atoms with van der Waals surface area (Å²) in [5.41, 5.74) is 0.736. The number of rotatable bonds is 5. The average molecular weight is 224 g/mol. The Hall–Kier alpha value is -1.42. The normalized spacial score (nSPS) is 12.9. The number of fused-ring (bicyclic) bond motifs is 1. The lowest BCUT2D eigenvalue weighted by Crippen LogP contribution is -2.00. The van der Waals surface area contributed by atoms with E-state index in [1.165, 1.54) is 0 Å². The van der Waals surface area contributed by atoms with Gasteiger partial charge in [0.05, 0.1) is 13.2 Å². The SMILES string of the molecule is CCCCOc1cc2c(cc1CO)OCO2. The first-order valence-corrected chi connectivity index (χ1v) is 5.51. The highest BCUT2D eigenvalue weighted by atomic mass is 16.7. The lowest BCUT2D eigenvalue weighted by molar-refractivity contribution is 0.173. The van der Waals surface area contributed by atoms with Crippen LogP contribution in [0.1, 0.15) is 25.3 Å². The number of hydrogen-bond acceptors (Lipinski definition) is 4. The Kier molecular flexibility index (Phi) is 3.51. The lowest BCUT2D eigenvalue weighted by Gasteiger charge is -2.10. The van der Waals surface area contributed by atoms with Crippen LogP contribution in [0, 0.1) is 0 Å². The van der Waals surface area contributed by atoms with Crippen molar-refractivity contribution in [3.8, 4) is 17.2 Å². The Balaban J connectivity index is 2.15. The van der Waals surface area contributed by atoms with Crippen LogP contribution in [0.15, 0.2) is 12.1 Å². The number of aliphatic hydroxyl groups excluding tert-OH is 1. The molecule has 1 aromatic rings. The molecule has 0 radical (unpaired) electrons. The Morgan fingerprint density at radius 2 is 2.06 bits per heavy atom. The van der Waals surface area contributed by atoms with Gasteiger partial charge in [0.15, 0.2) is 11.5 Å². The third-order valence-electron chi connectivity index (χ3n) is 2.48. The smallest absolute Gasteiger partial charge is 0.231 e. The van der Waals surface area contributed by atoms with Crippen LogP contribution in [0.4, 0.5) is 0 Å². The second-order valence-electron chi connectivity index (χ2n) is 3.67.